The highest BCUT2D eigenvalue weighted by atomic mass is 16.1. The van der Waals surface area contributed by atoms with Gasteiger partial charge in [0.1, 0.15) is 0 Å². The zero-order valence-corrected chi connectivity index (χ0v) is 8.63. The molecule has 0 saturated carbocycles. The van der Waals surface area contributed by atoms with Gasteiger partial charge in [0.05, 0.1) is 0 Å². The van der Waals surface area contributed by atoms with Gasteiger partial charge in [0.15, 0.2) is 0 Å². The molecule has 3 N–H and O–H groups in total. The van der Waals surface area contributed by atoms with Crippen molar-refractivity contribution in [3.05, 3.63) is 33.7 Å². The number of hydrogen-bond donors (Lipinski definition) is 2. The molecule has 0 saturated heterocycles. The van der Waals surface area contributed by atoms with Crippen LogP contribution in [0.3, 0.4) is 0 Å². The van der Waals surface area contributed by atoms with Crippen molar-refractivity contribution in [3.63, 3.8) is 0 Å². The molecule has 0 radical (unpaired) electrons. The third-order valence-corrected chi connectivity index (χ3v) is 2.86. The largest absolute Gasteiger partial charge is 0.326 e. The molecule has 0 fully saturated rings. The Morgan fingerprint density at radius 1 is 1.50 bits per heavy atom. The Hall–Kier alpha value is -1.09. The van der Waals surface area contributed by atoms with E-state index in [0.29, 0.717) is 0 Å². The second-order valence-corrected chi connectivity index (χ2v) is 4.91. The molecule has 76 valence electrons. The second kappa shape index (κ2) is 2.95. The van der Waals surface area contributed by atoms with Crippen LogP contribution >= 0.6 is 0 Å². The molecular formula is C11H16N2O. The Balaban J connectivity index is 2.51. The summed E-state index contributed by atoms with van der Waals surface area (Å²) in [5.41, 5.74) is 8.32. The third kappa shape index (κ3) is 1.60. The summed E-state index contributed by atoms with van der Waals surface area (Å²) in [7, 11) is 0. The fourth-order valence-electron chi connectivity index (χ4n) is 2.28. The predicted molar refractivity (Wildman–Crippen MR) is 56.1 cm³/mol. The van der Waals surface area contributed by atoms with Gasteiger partial charge in [-0.05, 0) is 23.8 Å². The normalized spacial score (nSPS) is 24.4. The summed E-state index contributed by atoms with van der Waals surface area (Å²) in [6.45, 7) is 4.36. The molecule has 1 atom stereocenters. The summed E-state index contributed by atoms with van der Waals surface area (Å²) in [5.74, 6) is 0. The molecule has 1 heterocycles. The van der Waals surface area contributed by atoms with Crippen LogP contribution in [0, 0.1) is 5.41 Å². The predicted octanol–water partition coefficient (Wildman–Crippen LogP) is 1.35. The van der Waals surface area contributed by atoms with Gasteiger partial charge >= 0.3 is 0 Å². The molecule has 1 aliphatic rings. The highest BCUT2D eigenvalue weighted by Gasteiger charge is 2.30. The summed E-state index contributed by atoms with van der Waals surface area (Å²) in [5, 5.41) is 0. The molecule has 0 aliphatic heterocycles. The highest BCUT2D eigenvalue weighted by Crippen LogP contribution is 2.37. The number of aromatic nitrogens is 1. The van der Waals surface area contributed by atoms with Crippen LogP contribution in [0.2, 0.25) is 0 Å². The van der Waals surface area contributed by atoms with Gasteiger partial charge in [-0.25, -0.2) is 0 Å². The van der Waals surface area contributed by atoms with E-state index < -0.39 is 0 Å². The molecule has 0 bridgehead atoms. The van der Waals surface area contributed by atoms with E-state index >= 15 is 0 Å². The van der Waals surface area contributed by atoms with Crippen LogP contribution in [0.4, 0.5) is 0 Å². The van der Waals surface area contributed by atoms with Gasteiger partial charge in [-0.2, -0.15) is 0 Å². The molecule has 0 spiro atoms. The van der Waals surface area contributed by atoms with Crippen molar-refractivity contribution < 1.29 is 0 Å². The van der Waals surface area contributed by atoms with Gasteiger partial charge in [0.2, 0.25) is 5.56 Å². The molecule has 14 heavy (non-hydrogen) atoms. The Morgan fingerprint density at radius 2 is 2.21 bits per heavy atom. The van der Waals surface area contributed by atoms with Gasteiger partial charge < -0.3 is 10.7 Å². The van der Waals surface area contributed by atoms with Crippen molar-refractivity contribution in [1.82, 2.24) is 4.98 Å². The molecule has 0 aromatic carbocycles. The molecule has 1 aliphatic carbocycles. The van der Waals surface area contributed by atoms with E-state index in [1.807, 2.05) is 6.07 Å². The van der Waals surface area contributed by atoms with Gasteiger partial charge in [0, 0.05) is 17.8 Å². The van der Waals surface area contributed by atoms with Crippen LogP contribution in [-0.4, -0.2) is 4.98 Å². The molecule has 2 rings (SSSR count). The summed E-state index contributed by atoms with van der Waals surface area (Å²) < 4.78 is 0. The number of nitrogens with two attached hydrogens (primary N) is 1. The lowest BCUT2D eigenvalue weighted by Crippen LogP contribution is -2.31. The smallest absolute Gasteiger partial charge is 0.248 e. The van der Waals surface area contributed by atoms with E-state index in [4.69, 9.17) is 5.73 Å². The minimum absolute atomic E-state index is 0.0337. The SMILES string of the molecule is CC1(C)Cc2[nH]c(=O)ccc2[C@H](N)C1. The number of fused-ring (bicyclic) bond motifs is 1. The van der Waals surface area contributed by atoms with Crippen molar-refractivity contribution in [2.75, 3.05) is 0 Å². The van der Waals surface area contributed by atoms with Crippen LogP contribution in [0.25, 0.3) is 0 Å². The van der Waals surface area contributed by atoms with Crippen LogP contribution in [0.5, 0.6) is 0 Å². The summed E-state index contributed by atoms with van der Waals surface area (Å²) >= 11 is 0. The third-order valence-electron chi connectivity index (χ3n) is 2.86. The van der Waals surface area contributed by atoms with E-state index in [-0.39, 0.29) is 17.0 Å². The minimum atomic E-state index is -0.0337. The van der Waals surface area contributed by atoms with E-state index in [1.54, 1.807) is 6.07 Å². The topological polar surface area (TPSA) is 58.9 Å². The van der Waals surface area contributed by atoms with Crippen molar-refractivity contribution in [1.29, 1.82) is 0 Å². The van der Waals surface area contributed by atoms with E-state index in [0.717, 1.165) is 24.1 Å². The summed E-state index contributed by atoms with van der Waals surface area (Å²) in [4.78, 5) is 14.0. The maximum Gasteiger partial charge on any atom is 0.248 e. The second-order valence-electron chi connectivity index (χ2n) is 4.91. The Kier molecular flexibility index (Phi) is 2.00. The van der Waals surface area contributed by atoms with Crippen LogP contribution in [-0.2, 0) is 6.42 Å². The average Bonchev–Trinajstić information content (AvgIpc) is 2.00. The first-order valence-electron chi connectivity index (χ1n) is 4.96. The highest BCUT2D eigenvalue weighted by molar-refractivity contribution is 5.27. The van der Waals surface area contributed by atoms with Crippen molar-refractivity contribution in [3.8, 4) is 0 Å². The quantitative estimate of drug-likeness (QED) is 0.651. The van der Waals surface area contributed by atoms with Crippen molar-refractivity contribution in [2.45, 2.75) is 32.7 Å². The number of H-pyrrole nitrogens is 1. The van der Waals surface area contributed by atoms with Crippen LogP contribution in [0.1, 0.15) is 37.6 Å². The Morgan fingerprint density at radius 3 is 2.93 bits per heavy atom. The number of nitrogens with one attached hydrogen (secondary N) is 1. The monoisotopic (exact) mass is 192 g/mol. The first-order chi connectivity index (χ1) is 6.48. The summed E-state index contributed by atoms with van der Waals surface area (Å²) in [6.07, 6.45) is 1.89. The van der Waals surface area contributed by atoms with Crippen molar-refractivity contribution in [2.24, 2.45) is 11.1 Å². The van der Waals surface area contributed by atoms with Crippen LogP contribution in [0.15, 0.2) is 16.9 Å². The lowest BCUT2D eigenvalue weighted by molar-refractivity contribution is 0.278. The molecule has 0 unspecified atom stereocenters. The summed E-state index contributed by atoms with van der Waals surface area (Å²) in [6, 6.07) is 3.47. The van der Waals surface area contributed by atoms with Gasteiger partial charge in [-0.3, -0.25) is 4.79 Å². The zero-order chi connectivity index (χ0) is 10.3. The maximum absolute atomic E-state index is 11.2. The molecular weight excluding hydrogens is 176 g/mol. The molecule has 3 heteroatoms. The first-order valence-corrected chi connectivity index (χ1v) is 4.96. The Labute approximate surface area is 83.3 Å². The van der Waals surface area contributed by atoms with Gasteiger partial charge in [-0.1, -0.05) is 19.9 Å². The van der Waals surface area contributed by atoms with Crippen LogP contribution < -0.4 is 11.3 Å². The lowest BCUT2D eigenvalue weighted by Gasteiger charge is -2.34. The average molecular weight is 192 g/mol. The fraction of sp³-hybridized carbons (Fsp3) is 0.545. The zero-order valence-electron chi connectivity index (χ0n) is 8.63. The number of hydrogen-bond acceptors (Lipinski definition) is 2. The Bertz CT molecular complexity index is 406. The number of rotatable bonds is 0. The fourth-order valence-corrected chi connectivity index (χ4v) is 2.28. The van der Waals surface area contributed by atoms with E-state index in [2.05, 4.69) is 18.8 Å². The molecule has 3 nitrogen and oxygen atoms in total. The maximum atomic E-state index is 11.2. The van der Waals surface area contributed by atoms with Gasteiger partial charge in [-0.15, -0.1) is 0 Å². The number of aromatic amines is 1. The lowest BCUT2D eigenvalue weighted by atomic mass is 9.74. The molecule has 0 amide bonds. The molecule has 1 aromatic rings. The first kappa shape index (κ1) is 9.46. The standard InChI is InChI=1S/C11H16N2O/c1-11(2)5-8(12)7-3-4-10(14)13-9(7)6-11/h3-4,8H,5-6,12H2,1-2H3,(H,13,14)/t8-/m1/s1. The minimum Gasteiger partial charge on any atom is -0.326 e. The van der Waals surface area contributed by atoms with E-state index in [1.165, 1.54) is 0 Å². The molecule has 1 aromatic heterocycles. The van der Waals surface area contributed by atoms with Gasteiger partial charge in [0.25, 0.3) is 0 Å². The number of pyridine rings is 1. The van der Waals surface area contributed by atoms with E-state index in [9.17, 15) is 4.79 Å². The van der Waals surface area contributed by atoms with Crippen molar-refractivity contribution >= 4 is 0 Å².